The number of hydrogen-bond donors (Lipinski definition) is 2. The second kappa shape index (κ2) is 3.70. The summed E-state index contributed by atoms with van der Waals surface area (Å²) in [5.74, 6) is 0.812. The summed E-state index contributed by atoms with van der Waals surface area (Å²) in [4.78, 5) is 7.94. The van der Waals surface area contributed by atoms with E-state index in [0.29, 0.717) is 11.9 Å². The second-order valence-electron chi connectivity index (χ2n) is 3.07. The van der Waals surface area contributed by atoms with Gasteiger partial charge in [0, 0.05) is 17.7 Å². The van der Waals surface area contributed by atoms with Crippen molar-refractivity contribution < 1.29 is 5.11 Å². The summed E-state index contributed by atoms with van der Waals surface area (Å²) in [5.41, 5.74) is 7.19. The van der Waals surface area contributed by atoms with Gasteiger partial charge in [-0.3, -0.25) is 0 Å². The summed E-state index contributed by atoms with van der Waals surface area (Å²) < 4.78 is 0. The summed E-state index contributed by atoms with van der Waals surface area (Å²) in [5, 5.41) is 8.97. The van der Waals surface area contributed by atoms with Crippen LogP contribution in [-0.4, -0.2) is 15.1 Å². The smallest absolute Gasteiger partial charge is 0.220 e. The van der Waals surface area contributed by atoms with Gasteiger partial charge in [-0.25, -0.2) is 9.97 Å². The van der Waals surface area contributed by atoms with Crippen LogP contribution in [0.1, 0.15) is 37.4 Å². The number of aliphatic hydroxyl groups excluding tert-OH is 1. The van der Waals surface area contributed by atoms with Gasteiger partial charge in [-0.05, 0) is 12.8 Å². The maximum absolute atomic E-state index is 8.97. The quantitative estimate of drug-likeness (QED) is 0.715. The summed E-state index contributed by atoms with van der Waals surface area (Å²) in [6.45, 7) is 0.00606. The first kappa shape index (κ1) is 9.92. The lowest BCUT2D eigenvalue weighted by molar-refractivity contribution is 0.279. The van der Waals surface area contributed by atoms with Gasteiger partial charge in [0.05, 0.1) is 12.3 Å². The van der Waals surface area contributed by atoms with Crippen LogP contribution < -0.4 is 5.73 Å². The molecule has 1 saturated carbocycles. The number of nitrogens with two attached hydrogens (primary N) is 1. The average molecular weight is 181 g/mol. The first-order chi connectivity index (χ1) is 5.81. The molecule has 1 heterocycles. The molecule has 2 rings (SSSR count). The minimum atomic E-state index is 0. The highest BCUT2D eigenvalue weighted by Gasteiger charge is 2.27. The fourth-order valence-corrected chi connectivity index (χ4v) is 1.27. The number of aliphatic hydroxyl groups is 1. The number of nitrogens with zero attached hydrogens (tertiary/aromatic N) is 2. The van der Waals surface area contributed by atoms with Crippen LogP contribution in [0, 0.1) is 0 Å². The summed E-state index contributed by atoms with van der Waals surface area (Å²) in [6.07, 6.45) is 3.92. The maximum atomic E-state index is 8.97. The van der Waals surface area contributed by atoms with Crippen molar-refractivity contribution in [2.45, 2.75) is 32.8 Å². The van der Waals surface area contributed by atoms with E-state index in [4.69, 9.17) is 10.8 Å². The molecule has 4 nitrogen and oxygen atoms in total. The summed E-state index contributed by atoms with van der Waals surface area (Å²) in [6, 6.07) is 0. The lowest BCUT2D eigenvalue weighted by Gasteiger charge is -2.03. The van der Waals surface area contributed by atoms with E-state index < -0.39 is 0 Å². The van der Waals surface area contributed by atoms with Crippen LogP contribution >= 0.6 is 0 Å². The van der Waals surface area contributed by atoms with Gasteiger partial charge in [0.15, 0.2) is 0 Å². The molecule has 0 atom stereocenters. The molecule has 0 saturated heterocycles. The van der Waals surface area contributed by atoms with Gasteiger partial charge in [-0.2, -0.15) is 0 Å². The van der Waals surface area contributed by atoms with Crippen molar-refractivity contribution in [1.29, 1.82) is 0 Å². The van der Waals surface area contributed by atoms with Crippen LogP contribution in [0.5, 0.6) is 0 Å². The Morgan fingerprint density at radius 1 is 1.54 bits per heavy atom. The van der Waals surface area contributed by atoms with Gasteiger partial charge in [-0.15, -0.1) is 0 Å². The number of hydrogen-bond acceptors (Lipinski definition) is 4. The Morgan fingerprint density at radius 3 is 2.77 bits per heavy atom. The fourth-order valence-electron chi connectivity index (χ4n) is 1.27. The third kappa shape index (κ3) is 1.95. The second-order valence-corrected chi connectivity index (χ2v) is 3.07. The Morgan fingerprint density at radius 2 is 2.23 bits per heavy atom. The molecule has 1 aromatic heterocycles. The Labute approximate surface area is 77.8 Å². The van der Waals surface area contributed by atoms with E-state index in [2.05, 4.69) is 9.97 Å². The zero-order valence-corrected chi connectivity index (χ0v) is 6.70. The zero-order chi connectivity index (χ0) is 8.55. The topological polar surface area (TPSA) is 72.0 Å². The van der Waals surface area contributed by atoms with Crippen LogP contribution in [0.2, 0.25) is 0 Å². The van der Waals surface area contributed by atoms with E-state index in [1.165, 1.54) is 0 Å². The van der Waals surface area contributed by atoms with Crippen LogP contribution in [0.4, 0.5) is 5.95 Å². The Kier molecular flexibility index (Phi) is 2.83. The molecule has 13 heavy (non-hydrogen) atoms. The monoisotopic (exact) mass is 181 g/mol. The molecule has 1 aromatic rings. The molecule has 0 radical (unpaired) electrons. The predicted molar refractivity (Wildman–Crippen MR) is 51.1 cm³/mol. The largest absolute Gasteiger partial charge is 0.392 e. The molecular weight excluding hydrogens is 166 g/mol. The molecule has 1 fully saturated rings. The summed E-state index contributed by atoms with van der Waals surface area (Å²) in [7, 11) is 0. The van der Waals surface area contributed by atoms with Crippen LogP contribution in [-0.2, 0) is 6.61 Å². The third-order valence-corrected chi connectivity index (χ3v) is 2.05. The third-order valence-electron chi connectivity index (χ3n) is 2.05. The molecule has 0 unspecified atom stereocenters. The van der Waals surface area contributed by atoms with Gasteiger partial charge >= 0.3 is 0 Å². The molecule has 1 aliphatic carbocycles. The van der Waals surface area contributed by atoms with Crippen molar-refractivity contribution in [3.8, 4) is 0 Å². The molecular formula is C9H15N3O. The van der Waals surface area contributed by atoms with Crippen molar-refractivity contribution in [1.82, 2.24) is 9.97 Å². The zero-order valence-electron chi connectivity index (χ0n) is 6.70. The van der Waals surface area contributed by atoms with Gasteiger partial charge in [0.1, 0.15) is 0 Å². The molecule has 4 heteroatoms. The predicted octanol–water partition coefficient (Wildman–Crippen LogP) is 1.06. The van der Waals surface area contributed by atoms with Crippen molar-refractivity contribution in [2.24, 2.45) is 0 Å². The molecule has 3 N–H and O–H groups in total. The SMILES string of the molecule is C.Nc1ncc(CO)c(C2CC2)n1. The highest BCUT2D eigenvalue weighted by Crippen LogP contribution is 2.40. The highest BCUT2D eigenvalue weighted by atomic mass is 16.3. The molecule has 72 valence electrons. The number of nitrogen functional groups attached to an aromatic ring is 1. The van der Waals surface area contributed by atoms with Gasteiger partial charge in [-0.1, -0.05) is 7.43 Å². The van der Waals surface area contributed by atoms with Crippen LogP contribution in [0.15, 0.2) is 6.20 Å². The van der Waals surface area contributed by atoms with Crippen molar-refractivity contribution >= 4 is 5.95 Å². The normalized spacial score (nSPS) is 15.2. The lowest BCUT2D eigenvalue weighted by atomic mass is 10.2. The molecule has 0 aromatic carbocycles. The molecule has 0 aliphatic heterocycles. The number of anilines is 1. The van der Waals surface area contributed by atoms with Crippen molar-refractivity contribution in [2.75, 3.05) is 5.73 Å². The van der Waals surface area contributed by atoms with Crippen LogP contribution in [0.25, 0.3) is 0 Å². The highest BCUT2D eigenvalue weighted by molar-refractivity contribution is 5.29. The van der Waals surface area contributed by atoms with Gasteiger partial charge in [0.25, 0.3) is 0 Å². The van der Waals surface area contributed by atoms with Crippen molar-refractivity contribution in [3.63, 3.8) is 0 Å². The lowest BCUT2D eigenvalue weighted by Crippen LogP contribution is -2.02. The Hall–Kier alpha value is -1.16. The molecule has 0 spiro atoms. The summed E-state index contributed by atoms with van der Waals surface area (Å²) >= 11 is 0. The van der Waals surface area contributed by atoms with Gasteiger partial charge in [0.2, 0.25) is 5.95 Å². The molecule has 0 amide bonds. The van der Waals surface area contributed by atoms with Crippen molar-refractivity contribution in [3.05, 3.63) is 17.5 Å². The standard InChI is InChI=1S/C8H11N3O.CH4/c9-8-10-3-6(4-12)7(11-8)5-1-2-5;/h3,5,12H,1-2,4H2,(H2,9,10,11);1H4. The molecule has 1 aliphatic rings. The molecule has 0 bridgehead atoms. The van der Waals surface area contributed by atoms with E-state index in [-0.39, 0.29) is 14.0 Å². The first-order valence-electron chi connectivity index (χ1n) is 4.03. The fraction of sp³-hybridized carbons (Fsp3) is 0.556. The Bertz CT molecular complexity index is 297. The maximum Gasteiger partial charge on any atom is 0.220 e. The average Bonchev–Trinajstić information content (AvgIpc) is 2.87. The minimum Gasteiger partial charge on any atom is -0.392 e. The van der Waals surface area contributed by atoms with E-state index in [9.17, 15) is 0 Å². The number of aromatic nitrogens is 2. The Balaban J connectivity index is 0.000000845. The first-order valence-corrected chi connectivity index (χ1v) is 4.03. The van der Waals surface area contributed by atoms with E-state index in [1.807, 2.05) is 0 Å². The number of rotatable bonds is 2. The van der Waals surface area contributed by atoms with Gasteiger partial charge < -0.3 is 10.8 Å². The van der Waals surface area contributed by atoms with E-state index >= 15 is 0 Å². The minimum absolute atomic E-state index is 0. The van der Waals surface area contributed by atoms with E-state index in [1.54, 1.807) is 6.20 Å². The van der Waals surface area contributed by atoms with Crippen LogP contribution in [0.3, 0.4) is 0 Å². The van der Waals surface area contributed by atoms with E-state index in [0.717, 1.165) is 24.1 Å².